The van der Waals surface area contributed by atoms with Gasteiger partial charge in [0, 0.05) is 18.7 Å². The molecule has 0 amide bonds. The van der Waals surface area contributed by atoms with Crippen molar-refractivity contribution in [2.45, 2.75) is 60.0 Å². The second-order valence-electron chi connectivity index (χ2n) is 7.11. The van der Waals surface area contributed by atoms with E-state index in [1.807, 2.05) is 6.26 Å². The van der Waals surface area contributed by atoms with Gasteiger partial charge >= 0.3 is 0 Å². The van der Waals surface area contributed by atoms with E-state index in [9.17, 15) is 0 Å². The van der Waals surface area contributed by atoms with E-state index in [4.69, 9.17) is 4.42 Å². The Morgan fingerprint density at radius 3 is 2.71 bits per heavy atom. The molecule has 1 aliphatic rings. The third-order valence-electron chi connectivity index (χ3n) is 4.99. The number of hydrogen-bond donors (Lipinski definition) is 1. The monoisotopic (exact) mass is 292 g/mol. The predicted molar refractivity (Wildman–Crippen MR) is 88.2 cm³/mol. The van der Waals surface area contributed by atoms with E-state index in [1.165, 1.54) is 37.9 Å². The second kappa shape index (κ2) is 7.46. The Labute approximate surface area is 130 Å². The number of nitrogens with one attached hydrogen (secondary N) is 1. The number of nitrogens with zero attached hydrogens (tertiary/aromatic N) is 1. The maximum atomic E-state index is 5.74. The van der Waals surface area contributed by atoms with E-state index in [-0.39, 0.29) is 0 Å². The highest BCUT2D eigenvalue weighted by Gasteiger charge is 2.34. The molecule has 2 heterocycles. The van der Waals surface area contributed by atoms with Crippen molar-refractivity contribution in [1.82, 2.24) is 10.2 Å². The average Bonchev–Trinajstić information content (AvgIpc) is 3.07. The SMILES string of the molecule is CCC1(CC)CCN(Cc2cc(CNCC(C)C)co2)C1. The standard InChI is InChI=1S/C18H32N2O/c1-5-18(6-2)7-8-20(14-18)12-17-9-16(13-21-17)11-19-10-15(3)4/h9,13,15,19H,5-8,10-12,14H2,1-4H3. The van der Waals surface area contributed by atoms with Crippen LogP contribution in [-0.2, 0) is 13.1 Å². The zero-order valence-corrected chi connectivity index (χ0v) is 14.2. The summed E-state index contributed by atoms with van der Waals surface area (Å²) >= 11 is 0. The van der Waals surface area contributed by atoms with E-state index >= 15 is 0 Å². The molecule has 1 fully saturated rings. The smallest absolute Gasteiger partial charge is 0.118 e. The van der Waals surface area contributed by atoms with Crippen molar-refractivity contribution < 1.29 is 4.42 Å². The maximum Gasteiger partial charge on any atom is 0.118 e. The lowest BCUT2D eigenvalue weighted by atomic mass is 9.82. The normalized spacial score (nSPS) is 18.7. The van der Waals surface area contributed by atoms with Crippen LogP contribution in [0.15, 0.2) is 16.7 Å². The fourth-order valence-corrected chi connectivity index (χ4v) is 3.32. The highest BCUT2D eigenvalue weighted by molar-refractivity contribution is 5.13. The van der Waals surface area contributed by atoms with Crippen LogP contribution in [0.25, 0.3) is 0 Å². The molecule has 0 saturated carbocycles. The Balaban J connectivity index is 1.80. The van der Waals surface area contributed by atoms with Gasteiger partial charge in [0.15, 0.2) is 0 Å². The number of furan rings is 1. The molecule has 0 aromatic carbocycles. The summed E-state index contributed by atoms with van der Waals surface area (Å²) in [5.41, 5.74) is 1.82. The summed E-state index contributed by atoms with van der Waals surface area (Å²) in [4.78, 5) is 2.55. The number of likely N-dealkylation sites (tertiary alicyclic amines) is 1. The zero-order valence-electron chi connectivity index (χ0n) is 14.2. The van der Waals surface area contributed by atoms with Gasteiger partial charge in [-0.25, -0.2) is 0 Å². The Kier molecular flexibility index (Phi) is 5.88. The van der Waals surface area contributed by atoms with Gasteiger partial charge in [0.05, 0.1) is 12.8 Å². The van der Waals surface area contributed by atoms with Gasteiger partial charge in [0.2, 0.25) is 0 Å². The third kappa shape index (κ3) is 4.58. The van der Waals surface area contributed by atoms with Crippen molar-refractivity contribution in [3.63, 3.8) is 0 Å². The van der Waals surface area contributed by atoms with Gasteiger partial charge in [-0.05, 0) is 49.8 Å². The van der Waals surface area contributed by atoms with Crippen LogP contribution >= 0.6 is 0 Å². The molecule has 3 heteroatoms. The van der Waals surface area contributed by atoms with Crippen molar-refractivity contribution in [2.24, 2.45) is 11.3 Å². The summed E-state index contributed by atoms with van der Waals surface area (Å²) in [5, 5.41) is 3.47. The molecule has 1 aromatic rings. The summed E-state index contributed by atoms with van der Waals surface area (Å²) in [6.07, 6.45) is 5.83. The van der Waals surface area contributed by atoms with Crippen LogP contribution in [0.2, 0.25) is 0 Å². The Hall–Kier alpha value is -0.800. The predicted octanol–water partition coefficient (Wildman–Crippen LogP) is 4.04. The second-order valence-corrected chi connectivity index (χ2v) is 7.11. The molecule has 1 saturated heterocycles. The molecule has 1 N–H and O–H groups in total. The van der Waals surface area contributed by atoms with E-state index in [1.54, 1.807) is 0 Å². The average molecular weight is 292 g/mol. The molecule has 1 aromatic heterocycles. The first-order valence-corrected chi connectivity index (χ1v) is 8.56. The fraction of sp³-hybridized carbons (Fsp3) is 0.778. The molecule has 0 radical (unpaired) electrons. The lowest BCUT2D eigenvalue weighted by molar-refractivity contribution is 0.226. The van der Waals surface area contributed by atoms with Crippen molar-refractivity contribution in [2.75, 3.05) is 19.6 Å². The van der Waals surface area contributed by atoms with Gasteiger partial charge in [0.1, 0.15) is 5.76 Å². The quantitative estimate of drug-likeness (QED) is 0.784. The minimum absolute atomic E-state index is 0.550. The molecular formula is C18H32N2O. The number of rotatable bonds is 8. The lowest BCUT2D eigenvalue weighted by Crippen LogP contribution is -2.25. The summed E-state index contributed by atoms with van der Waals surface area (Å²) in [7, 11) is 0. The van der Waals surface area contributed by atoms with Crippen molar-refractivity contribution in [3.8, 4) is 0 Å². The van der Waals surface area contributed by atoms with Crippen LogP contribution in [-0.4, -0.2) is 24.5 Å². The Morgan fingerprint density at radius 2 is 2.10 bits per heavy atom. The molecular weight excluding hydrogens is 260 g/mol. The minimum Gasteiger partial charge on any atom is -0.468 e. The first kappa shape index (κ1) is 16.6. The topological polar surface area (TPSA) is 28.4 Å². The summed E-state index contributed by atoms with van der Waals surface area (Å²) in [6.45, 7) is 14.5. The summed E-state index contributed by atoms with van der Waals surface area (Å²) in [6, 6.07) is 2.21. The highest BCUT2D eigenvalue weighted by Crippen LogP contribution is 2.37. The molecule has 0 bridgehead atoms. The van der Waals surface area contributed by atoms with Gasteiger partial charge < -0.3 is 9.73 Å². The number of hydrogen-bond acceptors (Lipinski definition) is 3. The molecule has 1 aliphatic heterocycles. The first-order chi connectivity index (χ1) is 10.1. The van der Waals surface area contributed by atoms with Crippen LogP contribution in [0, 0.1) is 11.3 Å². The molecule has 120 valence electrons. The molecule has 0 unspecified atom stereocenters. The maximum absolute atomic E-state index is 5.74. The molecule has 3 nitrogen and oxygen atoms in total. The molecule has 0 spiro atoms. The van der Waals surface area contributed by atoms with E-state index in [2.05, 4.69) is 44.0 Å². The largest absolute Gasteiger partial charge is 0.468 e. The van der Waals surface area contributed by atoms with E-state index < -0.39 is 0 Å². The van der Waals surface area contributed by atoms with Crippen LogP contribution in [0.4, 0.5) is 0 Å². The third-order valence-corrected chi connectivity index (χ3v) is 4.99. The van der Waals surface area contributed by atoms with Crippen LogP contribution in [0.5, 0.6) is 0 Å². The van der Waals surface area contributed by atoms with E-state index in [0.29, 0.717) is 11.3 Å². The Morgan fingerprint density at radius 1 is 1.33 bits per heavy atom. The van der Waals surface area contributed by atoms with Gasteiger partial charge in [0.25, 0.3) is 0 Å². The van der Waals surface area contributed by atoms with Crippen molar-refractivity contribution >= 4 is 0 Å². The molecule has 0 aliphatic carbocycles. The van der Waals surface area contributed by atoms with Gasteiger partial charge in [-0.3, -0.25) is 4.90 Å². The van der Waals surface area contributed by atoms with Gasteiger partial charge in [-0.1, -0.05) is 27.7 Å². The molecule has 0 atom stereocenters. The summed E-state index contributed by atoms with van der Waals surface area (Å²) < 4.78 is 5.74. The first-order valence-electron chi connectivity index (χ1n) is 8.56. The van der Waals surface area contributed by atoms with Crippen molar-refractivity contribution in [1.29, 1.82) is 0 Å². The van der Waals surface area contributed by atoms with E-state index in [0.717, 1.165) is 25.4 Å². The molecule has 2 rings (SSSR count). The van der Waals surface area contributed by atoms with Gasteiger partial charge in [-0.15, -0.1) is 0 Å². The van der Waals surface area contributed by atoms with Crippen LogP contribution < -0.4 is 5.32 Å². The molecule has 21 heavy (non-hydrogen) atoms. The highest BCUT2D eigenvalue weighted by atomic mass is 16.3. The lowest BCUT2D eigenvalue weighted by Gasteiger charge is -2.26. The van der Waals surface area contributed by atoms with Crippen LogP contribution in [0.1, 0.15) is 58.3 Å². The fourth-order valence-electron chi connectivity index (χ4n) is 3.32. The minimum atomic E-state index is 0.550. The Bertz CT molecular complexity index is 421. The van der Waals surface area contributed by atoms with Crippen molar-refractivity contribution in [3.05, 3.63) is 23.7 Å². The van der Waals surface area contributed by atoms with Crippen LogP contribution in [0.3, 0.4) is 0 Å². The zero-order chi connectivity index (χ0) is 15.3. The summed E-state index contributed by atoms with van der Waals surface area (Å²) in [5.74, 6) is 1.80. The van der Waals surface area contributed by atoms with Gasteiger partial charge in [-0.2, -0.15) is 0 Å².